The first-order chi connectivity index (χ1) is 10.1. The van der Waals surface area contributed by atoms with Crippen molar-refractivity contribution in [3.63, 3.8) is 0 Å². The average Bonchev–Trinajstić information content (AvgIpc) is 2.95. The number of rotatable bonds is 4. The zero-order chi connectivity index (χ0) is 14.9. The predicted octanol–water partition coefficient (Wildman–Crippen LogP) is 1.70. The third kappa shape index (κ3) is 2.93. The molecule has 2 heterocycles. The Kier molecular flexibility index (Phi) is 4.19. The van der Waals surface area contributed by atoms with Crippen LogP contribution >= 0.6 is 0 Å². The third-order valence-electron chi connectivity index (χ3n) is 4.31. The molecule has 1 atom stereocenters. The zero-order valence-electron chi connectivity index (χ0n) is 12.3. The molecule has 0 radical (unpaired) electrons. The molecule has 1 aromatic carbocycles. The maximum atomic E-state index is 12.8. The number of methoxy groups -OCH3 is 1. The number of nitrogens with zero attached hydrogens (tertiary/aromatic N) is 1. The summed E-state index contributed by atoms with van der Waals surface area (Å²) in [6, 6.07) is 5.42. The van der Waals surface area contributed by atoms with E-state index in [2.05, 4.69) is 5.32 Å². The van der Waals surface area contributed by atoms with Crippen molar-refractivity contribution < 1.29 is 13.2 Å². The van der Waals surface area contributed by atoms with Crippen molar-refractivity contribution in [2.45, 2.75) is 24.2 Å². The molecule has 0 saturated carbocycles. The van der Waals surface area contributed by atoms with Crippen LogP contribution in [0.4, 0.5) is 5.69 Å². The lowest BCUT2D eigenvalue weighted by Crippen LogP contribution is -2.41. The van der Waals surface area contributed by atoms with Gasteiger partial charge in [0, 0.05) is 32.4 Å². The van der Waals surface area contributed by atoms with Gasteiger partial charge in [-0.2, -0.15) is 4.31 Å². The number of ether oxygens (including phenoxy) is 1. The van der Waals surface area contributed by atoms with Crippen LogP contribution in [-0.4, -0.2) is 46.1 Å². The van der Waals surface area contributed by atoms with Gasteiger partial charge >= 0.3 is 0 Å². The molecule has 1 saturated heterocycles. The minimum Gasteiger partial charge on any atom is -0.384 e. The lowest BCUT2D eigenvalue weighted by Gasteiger charge is -2.31. The molecule has 1 fully saturated rings. The highest BCUT2D eigenvalue weighted by Gasteiger charge is 2.30. The summed E-state index contributed by atoms with van der Waals surface area (Å²) in [6.07, 6.45) is 2.83. The molecule has 0 aliphatic carbocycles. The lowest BCUT2D eigenvalue weighted by atomic mass is 10.0. The molecule has 5 nitrogen and oxygen atoms in total. The first kappa shape index (κ1) is 14.8. The Balaban J connectivity index is 1.83. The first-order valence-corrected chi connectivity index (χ1v) is 8.91. The highest BCUT2D eigenvalue weighted by Crippen LogP contribution is 2.28. The van der Waals surface area contributed by atoms with Gasteiger partial charge in [0.2, 0.25) is 10.0 Å². The van der Waals surface area contributed by atoms with Crippen LogP contribution < -0.4 is 5.32 Å². The fourth-order valence-electron chi connectivity index (χ4n) is 3.21. The van der Waals surface area contributed by atoms with E-state index < -0.39 is 10.0 Å². The van der Waals surface area contributed by atoms with Crippen LogP contribution in [0.15, 0.2) is 23.1 Å². The van der Waals surface area contributed by atoms with Crippen molar-refractivity contribution in [1.29, 1.82) is 0 Å². The van der Waals surface area contributed by atoms with E-state index in [1.807, 2.05) is 12.1 Å². The minimum absolute atomic E-state index is 0.301. The van der Waals surface area contributed by atoms with Crippen LogP contribution in [0.25, 0.3) is 0 Å². The first-order valence-electron chi connectivity index (χ1n) is 7.47. The van der Waals surface area contributed by atoms with Gasteiger partial charge in [0.25, 0.3) is 0 Å². The lowest BCUT2D eigenvalue weighted by molar-refractivity contribution is 0.118. The van der Waals surface area contributed by atoms with E-state index in [1.165, 1.54) is 0 Å². The quantitative estimate of drug-likeness (QED) is 0.919. The van der Waals surface area contributed by atoms with Gasteiger partial charge in [-0.05, 0) is 48.9 Å². The summed E-state index contributed by atoms with van der Waals surface area (Å²) in [7, 11) is -1.72. The van der Waals surface area contributed by atoms with Gasteiger partial charge in [-0.3, -0.25) is 0 Å². The molecule has 0 amide bonds. The second-order valence-electron chi connectivity index (χ2n) is 5.82. The molecule has 2 aliphatic rings. The second kappa shape index (κ2) is 5.94. The summed E-state index contributed by atoms with van der Waals surface area (Å²) >= 11 is 0. The molecular formula is C15H22N2O3S. The van der Waals surface area contributed by atoms with Gasteiger partial charge in [0.05, 0.1) is 11.5 Å². The molecule has 0 bridgehead atoms. The number of benzene rings is 1. The molecule has 1 unspecified atom stereocenters. The van der Waals surface area contributed by atoms with Gasteiger partial charge in [0.1, 0.15) is 0 Å². The van der Waals surface area contributed by atoms with Crippen LogP contribution in [0.2, 0.25) is 0 Å². The number of nitrogens with one attached hydrogen (secondary N) is 1. The summed E-state index contributed by atoms with van der Waals surface area (Å²) in [6.45, 7) is 2.68. The van der Waals surface area contributed by atoms with Crippen molar-refractivity contribution >= 4 is 15.7 Å². The standard InChI is InChI=1S/C15H22N2O3S/c1-20-11-12-3-2-8-17(10-12)21(18,19)14-4-5-15-13(9-14)6-7-16-15/h4-5,9,12,16H,2-3,6-8,10-11H2,1H3. The number of fused-ring (bicyclic) bond motifs is 1. The summed E-state index contributed by atoms with van der Waals surface area (Å²) in [5.74, 6) is 0.301. The van der Waals surface area contributed by atoms with Crippen LogP contribution in [0.5, 0.6) is 0 Å². The van der Waals surface area contributed by atoms with Gasteiger partial charge in [-0.1, -0.05) is 0 Å². The minimum atomic E-state index is -3.38. The summed E-state index contributed by atoms with van der Waals surface area (Å²) in [5.41, 5.74) is 2.16. The van der Waals surface area contributed by atoms with E-state index in [9.17, 15) is 8.42 Å². The number of sulfonamides is 1. The fraction of sp³-hybridized carbons (Fsp3) is 0.600. The molecular weight excluding hydrogens is 288 g/mol. The third-order valence-corrected chi connectivity index (χ3v) is 6.17. The monoisotopic (exact) mass is 310 g/mol. The molecule has 2 aliphatic heterocycles. The summed E-state index contributed by atoms with van der Waals surface area (Å²) < 4.78 is 32.4. The average molecular weight is 310 g/mol. The van der Waals surface area contributed by atoms with E-state index in [0.717, 1.165) is 37.1 Å². The number of hydrogen-bond acceptors (Lipinski definition) is 4. The van der Waals surface area contributed by atoms with Crippen LogP contribution in [-0.2, 0) is 21.2 Å². The molecule has 21 heavy (non-hydrogen) atoms. The molecule has 0 aromatic heterocycles. The topological polar surface area (TPSA) is 58.6 Å². The Morgan fingerprint density at radius 2 is 2.29 bits per heavy atom. The maximum Gasteiger partial charge on any atom is 0.243 e. The molecule has 0 spiro atoms. The zero-order valence-corrected chi connectivity index (χ0v) is 13.2. The molecule has 116 valence electrons. The van der Waals surface area contributed by atoms with Gasteiger partial charge in [0.15, 0.2) is 0 Å². The highest BCUT2D eigenvalue weighted by molar-refractivity contribution is 7.89. The van der Waals surface area contributed by atoms with Crippen LogP contribution in [0.3, 0.4) is 0 Å². The Labute approximate surface area is 126 Å². The predicted molar refractivity (Wildman–Crippen MR) is 82.0 cm³/mol. The summed E-state index contributed by atoms with van der Waals surface area (Å²) in [5, 5.41) is 3.26. The van der Waals surface area contributed by atoms with Crippen molar-refractivity contribution in [2.75, 3.05) is 38.7 Å². The number of anilines is 1. The maximum absolute atomic E-state index is 12.8. The van der Waals surface area contributed by atoms with Crippen molar-refractivity contribution in [1.82, 2.24) is 4.31 Å². The largest absolute Gasteiger partial charge is 0.384 e. The van der Waals surface area contributed by atoms with Gasteiger partial charge in [-0.25, -0.2) is 8.42 Å². The molecule has 3 rings (SSSR count). The molecule has 6 heteroatoms. The van der Waals surface area contributed by atoms with E-state index in [-0.39, 0.29) is 0 Å². The fourth-order valence-corrected chi connectivity index (χ4v) is 4.81. The van der Waals surface area contributed by atoms with Crippen LogP contribution in [0.1, 0.15) is 18.4 Å². The number of hydrogen-bond donors (Lipinski definition) is 1. The van der Waals surface area contributed by atoms with E-state index in [4.69, 9.17) is 4.74 Å². The Morgan fingerprint density at radius 3 is 3.10 bits per heavy atom. The van der Waals surface area contributed by atoms with Gasteiger partial charge < -0.3 is 10.1 Å². The molecule has 1 N–H and O–H groups in total. The SMILES string of the molecule is COCC1CCCN(S(=O)(=O)c2ccc3c(c2)CCN3)C1. The highest BCUT2D eigenvalue weighted by atomic mass is 32.2. The van der Waals surface area contributed by atoms with Crippen molar-refractivity contribution in [2.24, 2.45) is 5.92 Å². The van der Waals surface area contributed by atoms with E-state index in [1.54, 1.807) is 17.5 Å². The van der Waals surface area contributed by atoms with Crippen molar-refractivity contribution in [3.05, 3.63) is 23.8 Å². The Bertz CT molecular complexity index is 613. The normalized spacial score (nSPS) is 22.8. The summed E-state index contributed by atoms with van der Waals surface area (Å²) in [4.78, 5) is 0.419. The van der Waals surface area contributed by atoms with Gasteiger partial charge in [-0.15, -0.1) is 0 Å². The van der Waals surface area contributed by atoms with E-state index in [0.29, 0.717) is 30.5 Å². The van der Waals surface area contributed by atoms with E-state index >= 15 is 0 Å². The molecule has 1 aromatic rings. The number of piperidine rings is 1. The second-order valence-corrected chi connectivity index (χ2v) is 7.76. The Hall–Kier alpha value is -1.11. The Morgan fingerprint density at radius 1 is 1.43 bits per heavy atom. The van der Waals surface area contributed by atoms with Crippen LogP contribution in [0, 0.1) is 5.92 Å². The van der Waals surface area contributed by atoms with Crippen molar-refractivity contribution in [3.8, 4) is 0 Å². The smallest absolute Gasteiger partial charge is 0.243 e.